The average Bonchev–Trinajstić information content (AvgIpc) is 3.37. The molecule has 4 rings (SSSR count). The number of hydrogen-bond donors (Lipinski definition) is 2. The Hall–Kier alpha value is -2.80. The Bertz CT molecular complexity index is 1000. The number of amides is 2. The fraction of sp³-hybridized carbons (Fsp3) is 0.500. The number of fused-ring (bicyclic) bond motifs is 1. The maximum Gasteiger partial charge on any atom is 0.239 e. The van der Waals surface area contributed by atoms with Gasteiger partial charge in [0.05, 0.1) is 12.0 Å². The molecular weight excluding hydrogens is 448 g/mol. The van der Waals surface area contributed by atoms with Crippen molar-refractivity contribution >= 4 is 11.8 Å². The molecule has 2 amide bonds. The summed E-state index contributed by atoms with van der Waals surface area (Å²) in [5.41, 5.74) is 7.47. The van der Waals surface area contributed by atoms with Gasteiger partial charge in [0.15, 0.2) is 0 Å². The smallest absolute Gasteiger partial charge is 0.239 e. The second-order valence-electron chi connectivity index (χ2n) is 11.3. The lowest BCUT2D eigenvalue weighted by Gasteiger charge is -2.28. The summed E-state index contributed by atoms with van der Waals surface area (Å²) < 4.78 is 27.1. The highest BCUT2D eigenvalue weighted by atomic mass is 19.1. The van der Waals surface area contributed by atoms with E-state index in [1.54, 1.807) is 24.3 Å². The molecule has 2 aromatic rings. The molecular formula is C28H35F2N3O2. The number of nitrogens with one attached hydrogen (secondary N) is 1. The van der Waals surface area contributed by atoms with E-state index in [9.17, 15) is 18.4 Å². The second-order valence-corrected chi connectivity index (χ2v) is 11.3. The van der Waals surface area contributed by atoms with Crippen LogP contribution in [-0.4, -0.2) is 41.9 Å². The van der Waals surface area contributed by atoms with Gasteiger partial charge in [-0.05, 0) is 66.0 Å². The van der Waals surface area contributed by atoms with Gasteiger partial charge in [-0.15, -0.1) is 0 Å². The maximum atomic E-state index is 13.5. The van der Waals surface area contributed by atoms with E-state index in [0.717, 1.165) is 12.8 Å². The number of halogens is 2. The minimum atomic E-state index is -0.686. The van der Waals surface area contributed by atoms with Crippen LogP contribution >= 0.6 is 0 Å². The molecule has 1 saturated carbocycles. The molecule has 3 N–H and O–H groups in total. The van der Waals surface area contributed by atoms with E-state index in [0.29, 0.717) is 36.6 Å². The minimum Gasteiger partial charge on any atom is -0.352 e. The van der Waals surface area contributed by atoms with E-state index in [2.05, 4.69) is 26.1 Å². The third kappa shape index (κ3) is 5.89. The van der Waals surface area contributed by atoms with Crippen molar-refractivity contribution in [2.45, 2.75) is 58.0 Å². The van der Waals surface area contributed by atoms with Gasteiger partial charge in [-0.1, -0.05) is 45.0 Å². The summed E-state index contributed by atoms with van der Waals surface area (Å²) in [5, 5.41) is 3.21. The SMILES string of the molecule is CC(C)(C)C[C@H](N)C(=O)N1CC2CCC(NC(=O)C(c3ccc(F)cc3)c3ccc(F)cc3)C2C1. The van der Waals surface area contributed by atoms with Crippen molar-refractivity contribution in [3.8, 4) is 0 Å². The van der Waals surface area contributed by atoms with Gasteiger partial charge in [-0.2, -0.15) is 0 Å². The molecule has 0 radical (unpaired) electrons. The van der Waals surface area contributed by atoms with Gasteiger partial charge >= 0.3 is 0 Å². The number of hydrogen-bond acceptors (Lipinski definition) is 3. The standard InChI is InChI=1S/C28H35F2N3O2/c1-28(2,3)14-23(31)27(35)33-15-19-8-13-24(22(19)16-33)32-26(34)25(17-4-9-20(29)10-5-17)18-6-11-21(30)12-7-18/h4-7,9-12,19,22-25H,8,13-16,31H2,1-3H3,(H,32,34)/t19?,22?,23-,24?/m0/s1. The number of rotatable bonds is 6. The molecule has 35 heavy (non-hydrogen) atoms. The Morgan fingerprint density at radius 1 is 0.971 bits per heavy atom. The van der Waals surface area contributed by atoms with Crippen molar-refractivity contribution in [1.82, 2.24) is 10.2 Å². The van der Waals surface area contributed by atoms with Crippen LogP contribution in [0.4, 0.5) is 8.78 Å². The molecule has 188 valence electrons. The van der Waals surface area contributed by atoms with Crippen LogP contribution in [-0.2, 0) is 9.59 Å². The van der Waals surface area contributed by atoms with E-state index >= 15 is 0 Å². The number of carbonyl (C=O) groups excluding carboxylic acids is 2. The predicted molar refractivity (Wildman–Crippen MR) is 131 cm³/mol. The van der Waals surface area contributed by atoms with Crippen molar-refractivity contribution < 1.29 is 18.4 Å². The van der Waals surface area contributed by atoms with E-state index < -0.39 is 12.0 Å². The Labute approximate surface area is 206 Å². The Kier molecular flexibility index (Phi) is 7.27. The monoisotopic (exact) mass is 483 g/mol. The molecule has 5 nitrogen and oxygen atoms in total. The first-order valence-electron chi connectivity index (χ1n) is 12.4. The molecule has 2 aliphatic rings. The largest absolute Gasteiger partial charge is 0.352 e. The second kappa shape index (κ2) is 10.1. The molecule has 7 heteroatoms. The van der Waals surface area contributed by atoms with Gasteiger partial charge in [0, 0.05) is 25.0 Å². The molecule has 2 aromatic carbocycles. The Morgan fingerprint density at radius 2 is 1.51 bits per heavy atom. The first-order chi connectivity index (χ1) is 16.5. The van der Waals surface area contributed by atoms with Crippen LogP contribution in [0.3, 0.4) is 0 Å². The van der Waals surface area contributed by atoms with Gasteiger partial charge < -0.3 is 16.0 Å². The normalized spacial score (nSPS) is 22.8. The molecule has 0 spiro atoms. The highest BCUT2D eigenvalue weighted by Crippen LogP contribution is 2.39. The molecule has 1 saturated heterocycles. The molecule has 1 aliphatic heterocycles. The number of nitrogens with zero attached hydrogens (tertiary/aromatic N) is 1. The zero-order valence-corrected chi connectivity index (χ0v) is 20.6. The third-order valence-corrected chi connectivity index (χ3v) is 7.31. The molecule has 1 heterocycles. The summed E-state index contributed by atoms with van der Waals surface area (Å²) in [6.07, 6.45) is 2.40. The zero-order valence-electron chi connectivity index (χ0n) is 20.6. The summed E-state index contributed by atoms with van der Waals surface area (Å²) in [6, 6.07) is 11.1. The number of carbonyl (C=O) groups is 2. The van der Waals surface area contributed by atoms with Crippen molar-refractivity contribution in [2.24, 2.45) is 23.0 Å². The lowest BCUT2D eigenvalue weighted by atomic mass is 9.88. The molecule has 2 fully saturated rings. The zero-order chi connectivity index (χ0) is 25.3. The van der Waals surface area contributed by atoms with E-state index in [1.165, 1.54) is 24.3 Å². The molecule has 0 bridgehead atoms. The summed E-state index contributed by atoms with van der Waals surface area (Å²) in [6.45, 7) is 7.48. The van der Waals surface area contributed by atoms with Crippen LogP contribution in [0, 0.1) is 28.9 Å². The van der Waals surface area contributed by atoms with Gasteiger partial charge in [-0.3, -0.25) is 9.59 Å². The molecule has 1 aliphatic carbocycles. The van der Waals surface area contributed by atoms with E-state index in [4.69, 9.17) is 5.73 Å². The van der Waals surface area contributed by atoms with E-state index in [1.807, 2.05) is 4.90 Å². The van der Waals surface area contributed by atoms with Crippen molar-refractivity contribution in [3.05, 3.63) is 71.3 Å². The van der Waals surface area contributed by atoms with Crippen LogP contribution in [0.15, 0.2) is 48.5 Å². The fourth-order valence-electron chi connectivity index (χ4n) is 5.68. The van der Waals surface area contributed by atoms with Crippen LogP contribution in [0.25, 0.3) is 0 Å². The highest BCUT2D eigenvalue weighted by Gasteiger charge is 2.45. The summed E-state index contributed by atoms with van der Waals surface area (Å²) >= 11 is 0. The van der Waals surface area contributed by atoms with E-state index in [-0.39, 0.29) is 40.8 Å². The Morgan fingerprint density at radius 3 is 2.03 bits per heavy atom. The van der Waals surface area contributed by atoms with Crippen LogP contribution in [0.5, 0.6) is 0 Å². The topological polar surface area (TPSA) is 75.4 Å². The molecule has 3 unspecified atom stereocenters. The van der Waals surface area contributed by atoms with Gasteiger partial charge in [0.25, 0.3) is 0 Å². The van der Waals surface area contributed by atoms with Crippen LogP contribution < -0.4 is 11.1 Å². The number of benzene rings is 2. The minimum absolute atomic E-state index is 0.0186. The maximum absolute atomic E-state index is 13.5. The van der Waals surface area contributed by atoms with Crippen molar-refractivity contribution in [2.75, 3.05) is 13.1 Å². The van der Waals surface area contributed by atoms with Gasteiger partial charge in [-0.25, -0.2) is 8.78 Å². The molecule has 4 atom stereocenters. The molecule has 0 aromatic heterocycles. The predicted octanol–water partition coefficient (Wildman–Crippen LogP) is 4.21. The average molecular weight is 484 g/mol. The quantitative estimate of drug-likeness (QED) is 0.646. The first kappa shape index (κ1) is 25.3. The van der Waals surface area contributed by atoms with Crippen molar-refractivity contribution in [3.63, 3.8) is 0 Å². The lowest BCUT2D eigenvalue weighted by molar-refractivity contribution is -0.132. The van der Waals surface area contributed by atoms with Crippen molar-refractivity contribution in [1.29, 1.82) is 0 Å². The van der Waals surface area contributed by atoms with Gasteiger partial charge in [0.1, 0.15) is 11.6 Å². The first-order valence-corrected chi connectivity index (χ1v) is 12.4. The fourth-order valence-corrected chi connectivity index (χ4v) is 5.68. The highest BCUT2D eigenvalue weighted by molar-refractivity contribution is 5.87. The number of likely N-dealkylation sites (tertiary alicyclic amines) is 1. The van der Waals surface area contributed by atoms with Crippen LogP contribution in [0.2, 0.25) is 0 Å². The van der Waals surface area contributed by atoms with Gasteiger partial charge in [0.2, 0.25) is 11.8 Å². The summed E-state index contributed by atoms with van der Waals surface area (Å²) in [7, 11) is 0. The number of nitrogens with two attached hydrogens (primary N) is 1. The summed E-state index contributed by atoms with van der Waals surface area (Å²) in [4.78, 5) is 28.4. The third-order valence-electron chi connectivity index (χ3n) is 7.31. The lowest BCUT2D eigenvalue weighted by Crippen LogP contribution is -2.46. The Balaban J connectivity index is 1.47. The van der Waals surface area contributed by atoms with Crippen LogP contribution in [0.1, 0.15) is 57.1 Å². The summed E-state index contributed by atoms with van der Waals surface area (Å²) in [5.74, 6) is -1.17.